The van der Waals surface area contributed by atoms with Crippen LogP contribution in [0.25, 0.3) is 0 Å². The number of hydrogen-bond acceptors (Lipinski definition) is 4. The lowest BCUT2D eigenvalue weighted by Crippen LogP contribution is -2.41. The van der Waals surface area contributed by atoms with E-state index in [1.54, 1.807) is 6.92 Å². The molecule has 0 aromatic heterocycles. The summed E-state index contributed by atoms with van der Waals surface area (Å²) >= 11 is 20.8. The van der Waals surface area contributed by atoms with Crippen molar-refractivity contribution in [3.8, 4) is 5.75 Å². The molecule has 0 N–H and O–H groups in total. The predicted molar refractivity (Wildman–Crippen MR) is 90.2 cm³/mol. The monoisotopic (exact) mass is 430 g/mol. The Bertz CT molecular complexity index is 590. The summed E-state index contributed by atoms with van der Waals surface area (Å²) in [5.41, 5.74) is -1.37. The van der Waals surface area contributed by atoms with Crippen LogP contribution >= 0.6 is 50.7 Å². The van der Waals surface area contributed by atoms with Crippen molar-refractivity contribution in [3.05, 3.63) is 27.2 Å². The highest BCUT2D eigenvalue weighted by Gasteiger charge is 2.41. The Hall–Kier alpha value is -0.490. The molecule has 0 fully saturated rings. The highest BCUT2D eigenvalue weighted by atomic mass is 79.9. The maximum atomic E-state index is 12.4. The number of Topliss-reactive ketones (excluding diaryl/α,β-unsaturated/α-hetero) is 1. The molecule has 0 saturated carbocycles. The fraction of sp³-hybridized carbons (Fsp3) is 0.429. The van der Waals surface area contributed by atoms with Gasteiger partial charge in [0.15, 0.2) is 0 Å². The van der Waals surface area contributed by atoms with Gasteiger partial charge in [-0.3, -0.25) is 9.59 Å². The second-order valence-corrected chi connectivity index (χ2v) is 6.89. The molecule has 0 heterocycles. The van der Waals surface area contributed by atoms with E-state index < -0.39 is 22.2 Å². The lowest BCUT2D eigenvalue weighted by Gasteiger charge is -2.24. The van der Waals surface area contributed by atoms with Crippen LogP contribution in [0.5, 0.6) is 5.75 Å². The lowest BCUT2D eigenvalue weighted by molar-refractivity contribution is -0.158. The molecule has 8 heteroatoms. The average Bonchev–Trinajstić information content (AvgIpc) is 2.43. The summed E-state index contributed by atoms with van der Waals surface area (Å²) in [7, 11) is 0. The Morgan fingerprint density at radius 3 is 2.27 bits per heavy atom. The molecule has 4 nitrogen and oxygen atoms in total. The third-order valence-corrected chi connectivity index (χ3v) is 4.43. The summed E-state index contributed by atoms with van der Waals surface area (Å²) in [5.74, 6) is -0.965. The van der Waals surface area contributed by atoms with Gasteiger partial charge >= 0.3 is 5.97 Å². The van der Waals surface area contributed by atoms with Gasteiger partial charge in [-0.05, 0) is 42.8 Å². The van der Waals surface area contributed by atoms with Gasteiger partial charge in [0, 0.05) is 6.07 Å². The fourth-order valence-electron chi connectivity index (χ4n) is 1.46. The van der Waals surface area contributed by atoms with Gasteiger partial charge in [-0.15, -0.1) is 0 Å². The van der Waals surface area contributed by atoms with Gasteiger partial charge in [0.1, 0.15) is 11.2 Å². The minimum atomic E-state index is -1.37. The van der Waals surface area contributed by atoms with E-state index in [9.17, 15) is 9.59 Å². The number of carbonyl (C=O) groups excluding carboxylic acids is 2. The minimum Gasteiger partial charge on any atom is -0.470 e. The van der Waals surface area contributed by atoms with Gasteiger partial charge in [0.05, 0.1) is 21.7 Å². The van der Waals surface area contributed by atoms with Crippen molar-refractivity contribution in [3.63, 3.8) is 0 Å². The zero-order valence-corrected chi connectivity index (χ0v) is 15.9. The summed E-state index contributed by atoms with van der Waals surface area (Å²) in [5, 5.41) is -0.400. The smallest absolute Gasteiger partial charge is 0.319 e. The zero-order chi connectivity index (χ0) is 17.1. The molecule has 0 aliphatic heterocycles. The van der Waals surface area contributed by atoms with E-state index in [-0.39, 0.29) is 27.4 Å². The third kappa shape index (κ3) is 4.51. The second kappa shape index (κ2) is 7.86. The van der Waals surface area contributed by atoms with E-state index in [2.05, 4.69) is 15.9 Å². The molecule has 1 rings (SSSR count). The standard InChI is InChI=1S/C14H14BrCl3O4/c1-4-21-13(20)14(2,3)11(19)12(15)22-10-6-8(17)7(16)5-9(10)18/h5-6,12H,4H2,1-3H3. The molecular formula is C14H14BrCl3O4. The van der Waals surface area contributed by atoms with Crippen LogP contribution < -0.4 is 4.74 Å². The number of esters is 1. The predicted octanol–water partition coefficient (Wildman–Crippen LogP) is 4.91. The summed E-state index contributed by atoms with van der Waals surface area (Å²) in [6.07, 6.45) is 0. The van der Waals surface area contributed by atoms with Crippen molar-refractivity contribution >= 4 is 62.5 Å². The first kappa shape index (κ1) is 19.6. The highest BCUT2D eigenvalue weighted by Crippen LogP contribution is 2.36. The van der Waals surface area contributed by atoms with Crippen LogP contribution in [0.15, 0.2) is 12.1 Å². The second-order valence-electron chi connectivity index (χ2n) is 4.84. The Morgan fingerprint density at radius 2 is 1.73 bits per heavy atom. The van der Waals surface area contributed by atoms with E-state index in [1.165, 1.54) is 26.0 Å². The number of alkyl halides is 1. The maximum absolute atomic E-state index is 12.4. The van der Waals surface area contributed by atoms with E-state index in [0.717, 1.165) is 0 Å². The Morgan fingerprint density at radius 1 is 1.18 bits per heavy atom. The average molecular weight is 433 g/mol. The number of ketones is 1. The molecule has 0 saturated heterocycles. The first-order chi connectivity index (χ1) is 10.1. The number of rotatable bonds is 6. The summed E-state index contributed by atoms with van der Waals surface area (Å²) in [6.45, 7) is 4.76. The van der Waals surface area contributed by atoms with Crippen molar-refractivity contribution in [1.29, 1.82) is 0 Å². The minimum absolute atomic E-state index is 0.172. The van der Waals surface area contributed by atoms with Gasteiger partial charge in [-0.1, -0.05) is 34.8 Å². The molecule has 122 valence electrons. The third-order valence-electron chi connectivity index (χ3n) is 2.81. The van der Waals surface area contributed by atoms with Crippen LogP contribution in [0.1, 0.15) is 20.8 Å². The topological polar surface area (TPSA) is 52.6 Å². The zero-order valence-electron chi connectivity index (χ0n) is 12.1. The lowest BCUT2D eigenvalue weighted by atomic mass is 9.88. The number of hydrogen-bond donors (Lipinski definition) is 0. The maximum Gasteiger partial charge on any atom is 0.319 e. The van der Waals surface area contributed by atoms with Crippen LogP contribution in [0.2, 0.25) is 15.1 Å². The van der Waals surface area contributed by atoms with Gasteiger partial charge < -0.3 is 9.47 Å². The van der Waals surface area contributed by atoms with Gasteiger partial charge in [0.25, 0.3) is 0 Å². The quantitative estimate of drug-likeness (QED) is 0.278. The Labute approximate surface area is 152 Å². The molecule has 1 aromatic carbocycles. The van der Waals surface area contributed by atoms with E-state index in [1.807, 2.05) is 0 Å². The molecule has 0 spiro atoms. The number of halogens is 4. The molecule has 1 atom stereocenters. The van der Waals surface area contributed by atoms with E-state index in [0.29, 0.717) is 0 Å². The largest absolute Gasteiger partial charge is 0.470 e. The van der Waals surface area contributed by atoms with Crippen molar-refractivity contribution in [1.82, 2.24) is 0 Å². The van der Waals surface area contributed by atoms with Crippen LogP contribution in [-0.2, 0) is 14.3 Å². The first-order valence-electron chi connectivity index (χ1n) is 6.28. The molecular weight excluding hydrogens is 418 g/mol. The summed E-state index contributed by atoms with van der Waals surface area (Å²) in [6, 6.07) is 2.80. The van der Waals surface area contributed by atoms with Crippen molar-refractivity contribution in [2.24, 2.45) is 5.41 Å². The molecule has 0 amide bonds. The molecule has 0 radical (unpaired) electrons. The van der Waals surface area contributed by atoms with Crippen LogP contribution in [0.3, 0.4) is 0 Å². The SMILES string of the molecule is CCOC(=O)C(C)(C)C(=O)C(Br)Oc1cc(Cl)c(Cl)cc1Cl. The van der Waals surface area contributed by atoms with Crippen molar-refractivity contribution < 1.29 is 19.1 Å². The first-order valence-corrected chi connectivity index (χ1v) is 8.33. The van der Waals surface area contributed by atoms with E-state index >= 15 is 0 Å². The van der Waals surface area contributed by atoms with Crippen LogP contribution in [-0.4, -0.2) is 23.4 Å². The van der Waals surface area contributed by atoms with Crippen molar-refractivity contribution in [2.75, 3.05) is 6.61 Å². The number of carbonyl (C=O) groups is 2. The molecule has 0 aliphatic rings. The molecule has 1 aromatic rings. The number of benzene rings is 1. The Balaban J connectivity index is 2.93. The van der Waals surface area contributed by atoms with Crippen molar-refractivity contribution in [2.45, 2.75) is 25.8 Å². The molecule has 0 aliphatic carbocycles. The summed E-state index contributed by atoms with van der Waals surface area (Å²) < 4.78 is 10.3. The molecule has 0 bridgehead atoms. The van der Waals surface area contributed by atoms with Gasteiger partial charge in [-0.2, -0.15) is 0 Å². The summed E-state index contributed by atoms with van der Waals surface area (Å²) in [4.78, 5) is 24.2. The fourth-order valence-corrected chi connectivity index (χ4v) is 2.81. The highest BCUT2D eigenvalue weighted by molar-refractivity contribution is 9.09. The molecule has 22 heavy (non-hydrogen) atoms. The van der Waals surface area contributed by atoms with Gasteiger partial charge in [0.2, 0.25) is 10.8 Å². The van der Waals surface area contributed by atoms with Crippen LogP contribution in [0, 0.1) is 5.41 Å². The number of ether oxygens (including phenoxy) is 2. The van der Waals surface area contributed by atoms with Gasteiger partial charge in [-0.25, -0.2) is 0 Å². The Kier molecular flexibility index (Phi) is 6.99. The normalized spacial score (nSPS) is 12.7. The van der Waals surface area contributed by atoms with E-state index in [4.69, 9.17) is 44.3 Å². The molecule has 1 unspecified atom stereocenters. The van der Waals surface area contributed by atoms with Crippen LogP contribution in [0.4, 0.5) is 0 Å².